The molecule has 0 radical (unpaired) electrons. The minimum atomic E-state index is -1.82. The third kappa shape index (κ3) is 28.8. The van der Waals surface area contributed by atoms with Crippen molar-refractivity contribution in [3.05, 3.63) is 0 Å². The maximum atomic E-state index is 14.6. The number of carbonyl (C=O) groups is 12. The lowest BCUT2D eigenvalue weighted by molar-refractivity contribution is -0.145. The molecule has 0 aliphatic carbocycles. The molecule has 0 spiro atoms. The molecule has 0 bridgehead atoms. The number of thiol groups is 2. The van der Waals surface area contributed by atoms with Crippen molar-refractivity contribution in [3.63, 3.8) is 0 Å². The van der Waals surface area contributed by atoms with E-state index in [2.05, 4.69) is 93.1 Å². The van der Waals surface area contributed by atoms with Gasteiger partial charge in [0.1, 0.15) is 66.5 Å². The standard InChI is InChI=1S/C54H98N24O15S2/c1-25(39(81)73-33(23-94)44(86)72-32(50(92)93)14-8-20-67-54(62)63)68-46(88)36-16-10-22-78(36)49(91)38(28(4)80)76-47(89)37(27(3)79)75-40(82)26(2)69-45(87)35-15-9-21-77(35)48(90)31(13-7-19-66-53(60)61)71-42(84)30(12-6-18-65-52(58)59)70-43(85)34(24-95)74-41(83)29(55)11-5-17-64-51(56)57/h25-38,79-80,94-95H,5-24,55H2,1-4H3,(H,68,88)(H,69,87)(H,70,85)(H,71,84)(H,72,86)(H,73,81)(H,74,83)(H,75,82)(H,76,89)(H,92,93)(H4,56,57,64)(H4,58,59,65)(H4,60,61,66)(H4,62,63,67)/t25-,26-,27+,28+,29-,30-,31-,32-,33-,34-,35-,36-,37-,38-/m0/s1. The molecule has 2 rings (SSSR count). The molecule has 2 aliphatic rings. The second kappa shape index (κ2) is 41.9. The van der Waals surface area contributed by atoms with Gasteiger partial charge in [0.25, 0.3) is 0 Å². The number of guanidine groups is 4. The van der Waals surface area contributed by atoms with E-state index < -0.39 is 156 Å². The predicted octanol–water partition coefficient (Wildman–Crippen LogP) is -10.4. The van der Waals surface area contributed by atoms with Crippen LogP contribution >= 0.6 is 25.3 Å². The molecule has 2 aliphatic heterocycles. The van der Waals surface area contributed by atoms with Crippen LogP contribution in [0.4, 0.5) is 0 Å². The monoisotopic (exact) mass is 1390 g/mol. The van der Waals surface area contributed by atoms with Crippen molar-refractivity contribution >= 4 is 120 Å². The zero-order valence-electron chi connectivity index (χ0n) is 53.7. The fourth-order valence-electron chi connectivity index (χ4n) is 9.78. The number of likely N-dealkylation sites (tertiary alicyclic amines) is 2. The van der Waals surface area contributed by atoms with Gasteiger partial charge in [0, 0.05) is 50.8 Å². The van der Waals surface area contributed by atoms with Gasteiger partial charge in [0.2, 0.25) is 65.0 Å². The van der Waals surface area contributed by atoms with Crippen LogP contribution in [-0.4, -0.2) is 255 Å². The number of hydrogen-bond donors (Lipinski definition) is 23. The van der Waals surface area contributed by atoms with Gasteiger partial charge in [-0.15, -0.1) is 0 Å². The van der Waals surface area contributed by atoms with Crippen LogP contribution in [-0.2, 0) is 57.5 Å². The molecule has 0 unspecified atom stereocenters. The number of aliphatic hydroxyl groups is 2. The highest BCUT2D eigenvalue weighted by molar-refractivity contribution is 7.80. The Morgan fingerprint density at radius 1 is 0.432 bits per heavy atom. The molecule has 11 amide bonds. The van der Waals surface area contributed by atoms with Crippen molar-refractivity contribution in [2.24, 2.45) is 71.6 Å². The fourth-order valence-corrected chi connectivity index (χ4v) is 10.3. The molecular formula is C54H98N24O15S2. The molecule has 41 heteroatoms. The smallest absolute Gasteiger partial charge is 0.326 e. The molecule has 2 heterocycles. The van der Waals surface area contributed by atoms with E-state index in [1.165, 1.54) is 18.7 Å². The number of aliphatic carboxylic acids is 1. The Labute approximate surface area is 560 Å². The number of nitrogens with one attached hydrogen (secondary N) is 9. The summed E-state index contributed by atoms with van der Waals surface area (Å²) in [7, 11) is 0. The lowest BCUT2D eigenvalue weighted by atomic mass is 10.1. The van der Waals surface area contributed by atoms with E-state index >= 15 is 0 Å². The van der Waals surface area contributed by atoms with Gasteiger partial charge >= 0.3 is 5.97 Å². The fraction of sp³-hybridized carbons (Fsp3) is 0.704. The molecular weight excluding hydrogens is 1290 g/mol. The predicted molar refractivity (Wildman–Crippen MR) is 355 cm³/mol. The first-order valence-corrected chi connectivity index (χ1v) is 32.0. The average molecular weight is 1390 g/mol. The summed E-state index contributed by atoms with van der Waals surface area (Å²) in [6, 6.07) is -16.7. The molecule has 536 valence electrons. The first-order valence-electron chi connectivity index (χ1n) is 30.8. The molecule has 30 N–H and O–H groups in total. The summed E-state index contributed by atoms with van der Waals surface area (Å²) in [5.74, 6) is -12.4. The van der Waals surface area contributed by atoms with Gasteiger partial charge in [-0.2, -0.15) is 25.3 Å². The van der Waals surface area contributed by atoms with Gasteiger partial charge in [-0.3, -0.25) is 72.7 Å². The van der Waals surface area contributed by atoms with E-state index in [9.17, 15) is 72.9 Å². The highest BCUT2D eigenvalue weighted by atomic mass is 32.1. The van der Waals surface area contributed by atoms with Crippen molar-refractivity contribution in [1.29, 1.82) is 0 Å². The summed E-state index contributed by atoms with van der Waals surface area (Å²) >= 11 is 8.34. The number of carboxylic acid groups (broad SMARTS) is 1. The summed E-state index contributed by atoms with van der Waals surface area (Å²) in [4.78, 5) is 181. The van der Waals surface area contributed by atoms with Gasteiger partial charge in [-0.25, -0.2) is 4.79 Å². The summed E-state index contributed by atoms with van der Waals surface area (Å²) in [6.07, 6.45) is -1.89. The van der Waals surface area contributed by atoms with Crippen LogP contribution in [0.1, 0.15) is 105 Å². The third-order valence-corrected chi connectivity index (χ3v) is 15.7. The summed E-state index contributed by atoms with van der Waals surface area (Å²) < 4.78 is 0. The lowest BCUT2D eigenvalue weighted by Gasteiger charge is -2.32. The van der Waals surface area contributed by atoms with E-state index in [1.807, 2.05) is 0 Å². The van der Waals surface area contributed by atoms with Gasteiger partial charge < -0.3 is 125 Å². The van der Waals surface area contributed by atoms with Gasteiger partial charge in [0.05, 0.1) is 18.2 Å². The number of carboxylic acids is 1. The number of nitrogens with two attached hydrogens (primary N) is 9. The third-order valence-electron chi connectivity index (χ3n) is 14.9. The van der Waals surface area contributed by atoms with Crippen LogP contribution in [0.5, 0.6) is 0 Å². The lowest BCUT2D eigenvalue weighted by Crippen LogP contribution is -2.63. The van der Waals surface area contributed by atoms with Crippen LogP contribution in [0.3, 0.4) is 0 Å². The normalized spacial score (nSPS) is 18.0. The van der Waals surface area contributed by atoms with Gasteiger partial charge in [0.15, 0.2) is 23.8 Å². The number of amides is 11. The zero-order valence-corrected chi connectivity index (χ0v) is 55.5. The molecule has 14 atom stereocenters. The molecule has 95 heavy (non-hydrogen) atoms. The van der Waals surface area contributed by atoms with Crippen molar-refractivity contribution in [3.8, 4) is 0 Å². The van der Waals surface area contributed by atoms with Crippen molar-refractivity contribution in [1.82, 2.24) is 57.7 Å². The first-order chi connectivity index (χ1) is 44.6. The van der Waals surface area contributed by atoms with E-state index in [4.69, 9.17) is 51.6 Å². The van der Waals surface area contributed by atoms with E-state index in [-0.39, 0.29) is 145 Å². The van der Waals surface area contributed by atoms with Crippen molar-refractivity contribution in [2.75, 3.05) is 50.8 Å². The summed E-state index contributed by atoms with van der Waals surface area (Å²) in [5, 5.41) is 53.5. The highest BCUT2D eigenvalue weighted by Gasteiger charge is 2.43. The minimum Gasteiger partial charge on any atom is -0.480 e. The molecule has 0 saturated carbocycles. The van der Waals surface area contributed by atoms with Crippen LogP contribution in [0.15, 0.2) is 20.0 Å². The molecule has 2 fully saturated rings. The minimum absolute atomic E-state index is 0.00646. The number of carbonyl (C=O) groups excluding carboxylic acids is 11. The number of aliphatic imine (C=N–C) groups is 4. The number of aliphatic hydroxyl groups excluding tert-OH is 2. The SMILES string of the molecule is C[C@H](NC(=O)[C@@H]1CCCN1C(=O)[C@H](CCCN=C(N)N)NC(=O)[C@H](CCCN=C(N)N)NC(=O)[C@H](CS)NC(=O)[C@@H](N)CCCN=C(N)N)C(=O)N[C@H](C(=O)N[C@H](C(=O)N1CCC[C@H]1C(=O)N[C@@H](C)C(=O)N[C@@H](CS)C(=O)N[C@@H](CCCN=C(N)N)C(=O)O)[C@@H](C)O)[C@@H](C)O. The van der Waals surface area contributed by atoms with E-state index in [0.29, 0.717) is 6.42 Å². The van der Waals surface area contributed by atoms with Crippen LogP contribution in [0.2, 0.25) is 0 Å². The number of rotatable bonds is 41. The molecule has 0 aromatic rings. The Morgan fingerprint density at radius 2 is 0.768 bits per heavy atom. The second-order valence-corrected chi connectivity index (χ2v) is 23.4. The average Bonchev–Trinajstić information content (AvgIpc) is 1.78. The van der Waals surface area contributed by atoms with Crippen LogP contribution < -0.4 is 99.5 Å². The molecule has 39 nitrogen and oxygen atoms in total. The molecule has 2 saturated heterocycles. The number of nitrogens with zero attached hydrogens (tertiary/aromatic N) is 6. The Morgan fingerprint density at radius 3 is 1.18 bits per heavy atom. The van der Waals surface area contributed by atoms with Gasteiger partial charge in [-0.1, -0.05) is 0 Å². The largest absolute Gasteiger partial charge is 0.480 e. The van der Waals surface area contributed by atoms with Crippen LogP contribution in [0, 0.1) is 0 Å². The van der Waals surface area contributed by atoms with E-state index in [1.54, 1.807) is 0 Å². The highest BCUT2D eigenvalue weighted by Crippen LogP contribution is 2.22. The van der Waals surface area contributed by atoms with Gasteiger partial charge in [-0.05, 0) is 105 Å². The Bertz CT molecular complexity index is 2770. The maximum absolute atomic E-state index is 14.6. The summed E-state index contributed by atoms with van der Waals surface area (Å²) in [6.45, 7) is 5.11. The Hall–Kier alpha value is -8.70. The van der Waals surface area contributed by atoms with Crippen LogP contribution in [0.25, 0.3) is 0 Å². The molecule has 0 aromatic heterocycles. The summed E-state index contributed by atoms with van der Waals surface area (Å²) in [5.41, 5.74) is 49.4. The Balaban J connectivity index is 2.25. The topological polar surface area (TPSA) is 664 Å². The Kier molecular flexibility index (Phi) is 36.3. The van der Waals surface area contributed by atoms with E-state index in [0.717, 1.165) is 18.7 Å². The quantitative estimate of drug-likeness (QED) is 0.0117. The maximum Gasteiger partial charge on any atom is 0.326 e. The van der Waals surface area contributed by atoms with Crippen molar-refractivity contribution < 1.29 is 72.9 Å². The number of hydrogen-bond acceptors (Lipinski definition) is 21. The zero-order chi connectivity index (χ0) is 71.8. The first kappa shape index (κ1) is 82.4. The molecule has 0 aromatic carbocycles. The second-order valence-electron chi connectivity index (χ2n) is 22.7. The van der Waals surface area contributed by atoms with Crippen molar-refractivity contribution in [2.45, 2.75) is 189 Å².